The van der Waals surface area contributed by atoms with Crippen molar-refractivity contribution in [3.63, 3.8) is 0 Å². The number of ketones is 1. The zero-order valence-corrected chi connectivity index (χ0v) is 11.4. The fourth-order valence-electron chi connectivity index (χ4n) is 1.76. The maximum Gasteiger partial charge on any atom is 0.306 e. The lowest BCUT2D eigenvalue weighted by atomic mass is 10.0. The molecule has 0 N–H and O–H groups in total. The van der Waals surface area contributed by atoms with Crippen molar-refractivity contribution in [2.45, 2.75) is 32.8 Å². The summed E-state index contributed by atoms with van der Waals surface area (Å²) in [6.45, 7) is 4.37. The molecule has 0 aliphatic carbocycles. The zero-order chi connectivity index (χ0) is 14.1. The summed E-state index contributed by atoms with van der Waals surface area (Å²) in [7, 11) is 0. The Balaban J connectivity index is 2.61. The van der Waals surface area contributed by atoms with Gasteiger partial charge in [0.2, 0.25) is 0 Å². The van der Waals surface area contributed by atoms with Gasteiger partial charge < -0.3 is 9.47 Å². The zero-order valence-electron chi connectivity index (χ0n) is 11.4. The highest BCUT2D eigenvalue weighted by molar-refractivity contribution is 5.87. The van der Waals surface area contributed by atoms with Crippen LogP contribution in [0.25, 0.3) is 0 Å². The van der Waals surface area contributed by atoms with Crippen LogP contribution in [0.15, 0.2) is 30.3 Å². The van der Waals surface area contributed by atoms with Crippen LogP contribution in [0.5, 0.6) is 0 Å². The summed E-state index contributed by atoms with van der Waals surface area (Å²) in [4.78, 5) is 23.4. The first-order chi connectivity index (χ1) is 9.19. The molecule has 19 heavy (non-hydrogen) atoms. The Bertz CT molecular complexity index is 400. The Morgan fingerprint density at radius 3 is 2.32 bits per heavy atom. The third-order valence-corrected chi connectivity index (χ3v) is 2.61. The van der Waals surface area contributed by atoms with E-state index in [0.29, 0.717) is 13.2 Å². The minimum atomic E-state index is -0.597. The van der Waals surface area contributed by atoms with E-state index in [2.05, 4.69) is 0 Å². The summed E-state index contributed by atoms with van der Waals surface area (Å²) in [5.74, 6) is -0.444. The summed E-state index contributed by atoms with van der Waals surface area (Å²) < 4.78 is 10.3. The molecule has 0 aliphatic rings. The van der Waals surface area contributed by atoms with Crippen molar-refractivity contribution >= 4 is 11.8 Å². The number of ether oxygens (including phenoxy) is 2. The van der Waals surface area contributed by atoms with Gasteiger partial charge in [0.25, 0.3) is 0 Å². The van der Waals surface area contributed by atoms with Gasteiger partial charge in [0.15, 0.2) is 5.78 Å². The molecular formula is C15H20O4. The molecule has 0 saturated carbocycles. The first-order valence-electron chi connectivity index (χ1n) is 6.53. The van der Waals surface area contributed by atoms with Crippen molar-refractivity contribution in [1.82, 2.24) is 0 Å². The predicted octanol–water partition coefficient (Wildman–Crippen LogP) is 2.68. The smallest absolute Gasteiger partial charge is 0.306 e. The molecule has 0 bridgehead atoms. The minimum absolute atomic E-state index is 0.0962. The van der Waals surface area contributed by atoms with Crippen LogP contribution in [0, 0.1) is 0 Å². The van der Waals surface area contributed by atoms with Gasteiger partial charge in [-0.15, -0.1) is 0 Å². The van der Waals surface area contributed by atoms with Crippen LogP contribution in [0.4, 0.5) is 0 Å². The molecule has 0 spiro atoms. The van der Waals surface area contributed by atoms with E-state index in [0.717, 1.165) is 5.56 Å². The minimum Gasteiger partial charge on any atom is -0.466 e. The first-order valence-corrected chi connectivity index (χ1v) is 6.53. The van der Waals surface area contributed by atoms with E-state index in [4.69, 9.17) is 9.47 Å². The Morgan fingerprint density at radius 1 is 1.05 bits per heavy atom. The van der Waals surface area contributed by atoms with Crippen molar-refractivity contribution in [3.8, 4) is 0 Å². The summed E-state index contributed by atoms with van der Waals surface area (Å²) in [5.41, 5.74) is 0.818. The molecule has 4 heteroatoms. The number of carbonyl (C=O) groups excluding carboxylic acids is 2. The number of esters is 1. The van der Waals surface area contributed by atoms with Crippen LogP contribution >= 0.6 is 0 Å². The number of hydrogen-bond donors (Lipinski definition) is 0. The van der Waals surface area contributed by atoms with Crippen LogP contribution < -0.4 is 0 Å². The Labute approximate surface area is 113 Å². The molecule has 0 heterocycles. The number of benzene rings is 1. The highest BCUT2D eigenvalue weighted by atomic mass is 16.5. The van der Waals surface area contributed by atoms with Gasteiger partial charge in [0, 0.05) is 13.0 Å². The van der Waals surface area contributed by atoms with E-state index in [1.54, 1.807) is 6.92 Å². The maximum absolute atomic E-state index is 12.1. The third kappa shape index (κ3) is 5.22. The second kappa shape index (κ2) is 8.43. The number of Topliss-reactive ketones (excluding diaryl/α,β-unsaturated/α-hetero) is 1. The van der Waals surface area contributed by atoms with Gasteiger partial charge in [-0.05, 0) is 19.4 Å². The molecule has 0 aliphatic heterocycles. The molecule has 1 rings (SSSR count). The van der Waals surface area contributed by atoms with Gasteiger partial charge in [0.1, 0.15) is 6.10 Å². The van der Waals surface area contributed by atoms with Gasteiger partial charge in [-0.25, -0.2) is 0 Å². The Hall–Kier alpha value is -1.68. The van der Waals surface area contributed by atoms with Crippen molar-refractivity contribution in [1.29, 1.82) is 0 Å². The van der Waals surface area contributed by atoms with Crippen LogP contribution in [-0.2, 0) is 19.1 Å². The lowest BCUT2D eigenvalue weighted by molar-refractivity contribution is -0.145. The molecule has 104 valence electrons. The van der Waals surface area contributed by atoms with E-state index in [1.165, 1.54) is 0 Å². The van der Waals surface area contributed by atoms with Crippen LogP contribution in [-0.4, -0.2) is 25.0 Å². The summed E-state index contributed by atoms with van der Waals surface area (Å²) in [6.07, 6.45) is -0.359. The molecule has 0 aromatic heterocycles. The number of hydrogen-bond acceptors (Lipinski definition) is 4. The molecule has 1 aromatic carbocycles. The van der Waals surface area contributed by atoms with E-state index >= 15 is 0 Å². The van der Waals surface area contributed by atoms with E-state index in [1.807, 2.05) is 37.3 Å². The maximum atomic E-state index is 12.1. The molecule has 0 saturated heterocycles. The van der Waals surface area contributed by atoms with E-state index in [-0.39, 0.29) is 24.6 Å². The van der Waals surface area contributed by atoms with Crippen LogP contribution in [0.1, 0.15) is 38.4 Å². The average Bonchev–Trinajstić information content (AvgIpc) is 2.43. The average molecular weight is 264 g/mol. The largest absolute Gasteiger partial charge is 0.466 e. The second-order valence-corrected chi connectivity index (χ2v) is 4.02. The van der Waals surface area contributed by atoms with E-state index < -0.39 is 6.10 Å². The van der Waals surface area contributed by atoms with Crippen molar-refractivity contribution in [3.05, 3.63) is 35.9 Å². The summed E-state index contributed by atoms with van der Waals surface area (Å²) in [5, 5.41) is 0. The summed E-state index contributed by atoms with van der Waals surface area (Å²) >= 11 is 0. The molecule has 0 fully saturated rings. The first kappa shape index (κ1) is 15.4. The van der Waals surface area contributed by atoms with Gasteiger partial charge in [-0.2, -0.15) is 0 Å². The fourth-order valence-corrected chi connectivity index (χ4v) is 1.76. The molecule has 1 unspecified atom stereocenters. The van der Waals surface area contributed by atoms with Crippen molar-refractivity contribution in [2.24, 2.45) is 0 Å². The molecule has 1 atom stereocenters. The predicted molar refractivity (Wildman–Crippen MR) is 71.7 cm³/mol. The van der Waals surface area contributed by atoms with E-state index in [9.17, 15) is 9.59 Å². The highest BCUT2D eigenvalue weighted by Crippen LogP contribution is 2.20. The normalized spacial score (nSPS) is 11.9. The van der Waals surface area contributed by atoms with Gasteiger partial charge in [-0.1, -0.05) is 30.3 Å². The van der Waals surface area contributed by atoms with Gasteiger partial charge in [0.05, 0.1) is 13.0 Å². The SMILES string of the molecule is CCOC(=O)CCC(=O)C(OCC)c1ccccc1. The fraction of sp³-hybridized carbons (Fsp3) is 0.467. The standard InChI is InChI=1S/C15H20O4/c1-3-18-14(17)11-10-13(16)15(19-4-2)12-8-6-5-7-9-12/h5-9,15H,3-4,10-11H2,1-2H3. The lowest BCUT2D eigenvalue weighted by Gasteiger charge is -2.16. The Morgan fingerprint density at radius 2 is 1.74 bits per heavy atom. The van der Waals surface area contributed by atoms with Crippen molar-refractivity contribution < 1.29 is 19.1 Å². The van der Waals surface area contributed by atoms with Gasteiger partial charge >= 0.3 is 5.97 Å². The molecule has 1 aromatic rings. The molecule has 0 radical (unpaired) electrons. The second-order valence-electron chi connectivity index (χ2n) is 4.02. The summed E-state index contributed by atoms with van der Waals surface area (Å²) in [6, 6.07) is 9.31. The molecular weight excluding hydrogens is 244 g/mol. The number of rotatable bonds is 8. The van der Waals surface area contributed by atoms with Crippen molar-refractivity contribution in [2.75, 3.05) is 13.2 Å². The van der Waals surface area contributed by atoms with Gasteiger partial charge in [-0.3, -0.25) is 9.59 Å². The monoisotopic (exact) mass is 264 g/mol. The molecule has 0 amide bonds. The number of carbonyl (C=O) groups is 2. The molecule has 4 nitrogen and oxygen atoms in total. The topological polar surface area (TPSA) is 52.6 Å². The van der Waals surface area contributed by atoms with Crippen LogP contribution in [0.3, 0.4) is 0 Å². The Kier molecular flexibility index (Phi) is 6.82. The third-order valence-electron chi connectivity index (χ3n) is 2.61. The van der Waals surface area contributed by atoms with Crippen LogP contribution in [0.2, 0.25) is 0 Å². The lowest BCUT2D eigenvalue weighted by Crippen LogP contribution is -2.18. The quantitative estimate of drug-likeness (QED) is 0.677. The highest BCUT2D eigenvalue weighted by Gasteiger charge is 2.21.